The quantitative estimate of drug-likeness (QED) is 0.868. The van der Waals surface area contributed by atoms with E-state index in [1.807, 2.05) is 0 Å². The van der Waals surface area contributed by atoms with Crippen molar-refractivity contribution in [3.63, 3.8) is 0 Å². The number of nitrogens with zero attached hydrogens (tertiary/aromatic N) is 1. The van der Waals surface area contributed by atoms with Gasteiger partial charge in [-0.3, -0.25) is 4.90 Å². The number of likely N-dealkylation sites (N-methyl/N-ethyl adjacent to an activating group) is 1. The average Bonchev–Trinajstić information content (AvgIpc) is 2.38. The summed E-state index contributed by atoms with van der Waals surface area (Å²) in [5, 5.41) is 0. The van der Waals surface area contributed by atoms with Crippen LogP contribution in [0.2, 0.25) is 0 Å². The fourth-order valence-electron chi connectivity index (χ4n) is 4.35. The van der Waals surface area contributed by atoms with Gasteiger partial charge in [0.1, 0.15) is 0 Å². The molecular weight excluding hydrogens is 324 g/mol. The normalized spacial score (nSPS) is 28.8. The van der Waals surface area contributed by atoms with E-state index < -0.39 is 0 Å². The molecular formula is C18H29BrN2. The SMILES string of the molecule is CC1CC(C)(C)CC(CN)(N(C)Cc2ccccc2Br)C1. The molecule has 2 rings (SSSR count). The lowest BCUT2D eigenvalue weighted by Gasteiger charge is -2.52. The van der Waals surface area contributed by atoms with Crippen molar-refractivity contribution < 1.29 is 0 Å². The van der Waals surface area contributed by atoms with Gasteiger partial charge in [-0.25, -0.2) is 0 Å². The highest BCUT2D eigenvalue weighted by molar-refractivity contribution is 9.10. The largest absolute Gasteiger partial charge is 0.329 e. The monoisotopic (exact) mass is 352 g/mol. The minimum Gasteiger partial charge on any atom is -0.329 e. The predicted octanol–water partition coefficient (Wildman–Crippen LogP) is 4.42. The number of halogens is 1. The standard InChI is InChI=1S/C18H29BrN2/c1-14-9-17(2,3)12-18(10-14,13-20)21(4)11-15-7-5-6-8-16(15)19/h5-8,14H,9-13,20H2,1-4H3. The number of benzene rings is 1. The molecule has 1 aromatic carbocycles. The van der Waals surface area contributed by atoms with Gasteiger partial charge in [0.05, 0.1) is 0 Å². The summed E-state index contributed by atoms with van der Waals surface area (Å²) in [4.78, 5) is 2.49. The van der Waals surface area contributed by atoms with Crippen molar-refractivity contribution in [1.29, 1.82) is 0 Å². The summed E-state index contributed by atoms with van der Waals surface area (Å²) in [5.41, 5.74) is 8.09. The molecule has 2 unspecified atom stereocenters. The molecule has 0 heterocycles. The molecule has 1 saturated carbocycles. The van der Waals surface area contributed by atoms with E-state index >= 15 is 0 Å². The highest BCUT2D eigenvalue weighted by Gasteiger charge is 2.44. The molecule has 0 spiro atoms. The van der Waals surface area contributed by atoms with Crippen LogP contribution >= 0.6 is 15.9 Å². The maximum absolute atomic E-state index is 6.26. The number of rotatable bonds is 4. The Bertz CT molecular complexity index is 486. The molecule has 0 aliphatic heterocycles. The minimum atomic E-state index is 0.121. The van der Waals surface area contributed by atoms with Crippen LogP contribution in [-0.4, -0.2) is 24.0 Å². The van der Waals surface area contributed by atoms with Gasteiger partial charge in [-0.05, 0) is 49.3 Å². The zero-order valence-corrected chi connectivity index (χ0v) is 15.4. The molecule has 2 nitrogen and oxygen atoms in total. The Morgan fingerprint density at radius 3 is 2.52 bits per heavy atom. The molecule has 1 aliphatic carbocycles. The van der Waals surface area contributed by atoms with Crippen molar-refractivity contribution in [3.05, 3.63) is 34.3 Å². The van der Waals surface area contributed by atoms with Gasteiger partial charge >= 0.3 is 0 Å². The Kier molecular flexibility index (Phi) is 5.17. The summed E-state index contributed by atoms with van der Waals surface area (Å²) < 4.78 is 1.19. The highest BCUT2D eigenvalue weighted by Crippen LogP contribution is 2.46. The molecule has 0 aromatic heterocycles. The first kappa shape index (κ1) is 17.0. The van der Waals surface area contributed by atoms with E-state index in [0.29, 0.717) is 5.41 Å². The average molecular weight is 353 g/mol. The molecule has 1 aliphatic rings. The summed E-state index contributed by atoms with van der Waals surface area (Å²) in [5.74, 6) is 0.735. The van der Waals surface area contributed by atoms with Gasteiger partial charge in [-0.1, -0.05) is 54.9 Å². The molecule has 0 bridgehead atoms. The van der Waals surface area contributed by atoms with Gasteiger partial charge in [-0.15, -0.1) is 0 Å². The van der Waals surface area contributed by atoms with Gasteiger partial charge in [-0.2, -0.15) is 0 Å². The topological polar surface area (TPSA) is 29.3 Å². The van der Waals surface area contributed by atoms with E-state index in [2.05, 4.69) is 72.9 Å². The molecule has 21 heavy (non-hydrogen) atoms. The Morgan fingerprint density at radius 2 is 1.95 bits per heavy atom. The lowest BCUT2D eigenvalue weighted by molar-refractivity contribution is -0.00123. The van der Waals surface area contributed by atoms with Crippen molar-refractivity contribution in [3.8, 4) is 0 Å². The molecule has 1 aromatic rings. The maximum atomic E-state index is 6.26. The van der Waals surface area contributed by atoms with Crippen LogP contribution < -0.4 is 5.73 Å². The molecule has 3 heteroatoms. The summed E-state index contributed by atoms with van der Waals surface area (Å²) in [7, 11) is 2.24. The first-order valence-electron chi connectivity index (χ1n) is 7.93. The summed E-state index contributed by atoms with van der Waals surface area (Å²) in [6.45, 7) is 8.83. The molecule has 2 atom stereocenters. The van der Waals surface area contributed by atoms with E-state index in [4.69, 9.17) is 5.73 Å². The van der Waals surface area contributed by atoms with Crippen LogP contribution in [0, 0.1) is 11.3 Å². The van der Waals surface area contributed by atoms with Crippen molar-refractivity contribution in [2.24, 2.45) is 17.1 Å². The zero-order valence-electron chi connectivity index (χ0n) is 13.8. The van der Waals surface area contributed by atoms with Gasteiger partial charge in [0.25, 0.3) is 0 Å². The van der Waals surface area contributed by atoms with Crippen LogP contribution in [0.15, 0.2) is 28.7 Å². The molecule has 0 amide bonds. The van der Waals surface area contributed by atoms with Crippen LogP contribution in [0.25, 0.3) is 0 Å². The van der Waals surface area contributed by atoms with Crippen molar-refractivity contribution in [1.82, 2.24) is 4.90 Å². The third-order valence-corrected chi connectivity index (χ3v) is 5.77. The molecule has 0 radical (unpaired) electrons. The highest BCUT2D eigenvalue weighted by atomic mass is 79.9. The third kappa shape index (κ3) is 3.88. The lowest BCUT2D eigenvalue weighted by Crippen LogP contribution is -2.57. The second kappa shape index (κ2) is 6.39. The van der Waals surface area contributed by atoms with Gasteiger partial charge in [0.15, 0.2) is 0 Å². The molecule has 0 saturated heterocycles. The van der Waals surface area contributed by atoms with E-state index in [1.54, 1.807) is 0 Å². The zero-order chi connectivity index (χ0) is 15.7. The minimum absolute atomic E-state index is 0.121. The Balaban J connectivity index is 2.21. The Morgan fingerprint density at radius 1 is 1.29 bits per heavy atom. The van der Waals surface area contributed by atoms with Gasteiger partial charge in [0, 0.05) is 23.1 Å². The summed E-state index contributed by atoms with van der Waals surface area (Å²) >= 11 is 3.66. The van der Waals surface area contributed by atoms with E-state index in [-0.39, 0.29) is 5.54 Å². The van der Waals surface area contributed by atoms with Crippen LogP contribution in [0.3, 0.4) is 0 Å². The van der Waals surface area contributed by atoms with Gasteiger partial charge in [0.2, 0.25) is 0 Å². The second-order valence-electron chi connectivity index (χ2n) is 7.73. The second-order valence-corrected chi connectivity index (χ2v) is 8.58. The fourth-order valence-corrected chi connectivity index (χ4v) is 4.76. The van der Waals surface area contributed by atoms with Crippen molar-refractivity contribution in [2.75, 3.05) is 13.6 Å². The van der Waals surface area contributed by atoms with Crippen LogP contribution in [-0.2, 0) is 6.54 Å². The van der Waals surface area contributed by atoms with Gasteiger partial charge < -0.3 is 5.73 Å². The fraction of sp³-hybridized carbons (Fsp3) is 0.667. The molecule has 1 fully saturated rings. The maximum Gasteiger partial charge on any atom is 0.0339 e. The van der Waals surface area contributed by atoms with Crippen LogP contribution in [0.1, 0.15) is 45.6 Å². The molecule has 118 valence electrons. The third-order valence-electron chi connectivity index (χ3n) is 4.99. The summed E-state index contributed by atoms with van der Waals surface area (Å²) in [6.07, 6.45) is 3.69. The van der Waals surface area contributed by atoms with E-state index in [1.165, 1.54) is 29.3 Å². The number of hydrogen-bond donors (Lipinski definition) is 1. The van der Waals surface area contributed by atoms with E-state index in [0.717, 1.165) is 19.0 Å². The lowest BCUT2D eigenvalue weighted by atomic mass is 9.63. The van der Waals surface area contributed by atoms with Crippen molar-refractivity contribution >= 4 is 15.9 Å². The first-order valence-corrected chi connectivity index (χ1v) is 8.72. The van der Waals surface area contributed by atoms with Crippen LogP contribution in [0.4, 0.5) is 0 Å². The number of hydrogen-bond acceptors (Lipinski definition) is 2. The van der Waals surface area contributed by atoms with E-state index in [9.17, 15) is 0 Å². The van der Waals surface area contributed by atoms with Crippen LogP contribution in [0.5, 0.6) is 0 Å². The van der Waals surface area contributed by atoms with Crippen molar-refractivity contribution in [2.45, 2.75) is 52.1 Å². The Labute approximate surface area is 138 Å². The molecule has 2 N–H and O–H groups in total. The smallest absolute Gasteiger partial charge is 0.0339 e. The Hall–Kier alpha value is -0.380. The predicted molar refractivity (Wildman–Crippen MR) is 94.2 cm³/mol. The number of nitrogens with two attached hydrogens (primary N) is 1. The summed E-state index contributed by atoms with van der Waals surface area (Å²) in [6, 6.07) is 8.49. The first-order chi connectivity index (χ1) is 9.78.